The summed E-state index contributed by atoms with van der Waals surface area (Å²) in [4.78, 5) is 21.7. The molecule has 0 bridgehead atoms. The molecule has 0 saturated heterocycles. The number of aromatic carboxylic acids is 1. The van der Waals surface area contributed by atoms with Crippen LogP contribution in [0.3, 0.4) is 0 Å². The molecule has 0 aliphatic heterocycles. The first-order valence-corrected chi connectivity index (χ1v) is 5.02. The van der Waals surface area contributed by atoms with E-state index in [1.165, 1.54) is 6.92 Å². The zero-order chi connectivity index (χ0) is 12.3. The second kappa shape index (κ2) is 4.79. The molecule has 4 nitrogen and oxygen atoms in total. The standard InChI is InChI=1S/C12H15NO3/c1-7-6-10(8(2)13-9(3)14)4-5-11(7)12(15)16/h4-6,8H,1-3H3,(H,13,14)(H,15,16)/t8-/m0/s1. The predicted octanol–water partition coefficient (Wildman–Crippen LogP) is 1.89. The van der Waals surface area contributed by atoms with E-state index < -0.39 is 5.97 Å². The average molecular weight is 221 g/mol. The Balaban J connectivity index is 2.96. The first kappa shape index (κ1) is 12.2. The van der Waals surface area contributed by atoms with Crippen molar-refractivity contribution in [2.75, 3.05) is 0 Å². The Labute approximate surface area is 94.3 Å². The van der Waals surface area contributed by atoms with Gasteiger partial charge in [-0.1, -0.05) is 12.1 Å². The summed E-state index contributed by atoms with van der Waals surface area (Å²) >= 11 is 0. The number of benzene rings is 1. The van der Waals surface area contributed by atoms with E-state index in [1.54, 1.807) is 25.1 Å². The molecule has 0 aromatic heterocycles. The molecule has 0 radical (unpaired) electrons. The summed E-state index contributed by atoms with van der Waals surface area (Å²) in [5, 5.41) is 11.6. The largest absolute Gasteiger partial charge is 0.478 e. The lowest BCUT2D eigenvalue weighted by molar-refractivity contribution is -0.119. The van der Waals surface area contributed by atoms with Gasteiger partial charge in [0.1, 0.15) is 0 Å². The summed E-state index contributed by atoms with van der Waals surface area (Å²) in [6.45, 7) is 5.05. The third kappa shape index (κ3) is 2.82. The number of nitrogens with one attached hydrogen (secondary N) is 1. The van der Waals surface area contributed by atoms with Gasteiger partial charge in [0.25, 0.3) is 0 Å². The second-order valence-electron chi connectivity index (χ2n) is 3.80. The molecule has 86 valence electrons. The summed E-state index contributed by atoms with van der Waals surface area (Å²) in [5.74, 6) is -1.04. The summed E-state index contributed by atoms with van der Waals surface area (Å²) in [7, 11) is 0. The van der Waals surface area contributed by atoms with Crippen molar-refractivity contribution < 1.29 is 14.7 Å². The van der Waals surface area contributed by atoms with Gasteiger partial charge < -0.3 is 10.4 Å². The minimum absolute atomic E-state index is 0.104. The van der Waals surface area contributed by atoms with E-state index in [1.807, 2.05) is 6.92 Å². The van der Waals surface area contributed by atoms with E-state index in [9.17, 15) is 9.59 Å². The van der Waals surface area contributed by atoms with Crippen molar-refractivity contribution in [3.05, 3.63) is 34.9 Å². The molecule has 0 unspecified atom stereocenters. The van der Waals surface area contributed by atoms with Gasteiger partial charge in [-0.25, -0.2) is 4.79 Å². The lowest BCUT2D eigenvalue weighted by atomic mass is 10.0. The van der Waals surface area contributed by atoms with Crippen molar-refractivity contribution >= 4 is 11.9 Å². The smallest absolute Gasteiger partial charge is 0.335 e. The topological polar surface area (TPSA) is 66.4 Å². The highest BCUT2D eigenvalue weighted by molar-refractivity contribution is 5.89. The third-order valence-electron chi connectivity index (χ3n) is 2.40. The van der Waals surface area contributed by atoms with Crippen molar-refractivity contribution in [3.8, 4) is 0 Å². The van der Waals surface area contributed by atoms with Crippen molar-refractivity contribution in [2.45, 2.75) is 26.8 Å². The Kier molecular flexibility index (Phi) is 3.66. The monoisotopic (exact) mass is 221 g/mol. The van der Waals surface area contributed by atoms with Crippen LogP contribution in [-0.4, -0.2) is 17.0 Å². The average Bonchev–Trinajstić information content (AvgIpc) is 2.15. The molecule has 0 heterocycles. The SMILES string of the molecule is CC(=O)N[C@@H](C)c1ccc(C(=O)O)c(C)c1. The molecule has 1 rings (SSSR count). The molecule has 0 fully saturated rings. The van der Waals surface area contributed by atoms with Crippen LogP contribution in [0, 0.1) is 6.92 Å². The third-order valence-corrected chi connectivity index (χ3v) is 2.40. The van der Waals surface area contributed by atoms with Crippen LogP contribution in [0.2, 0.25) is 0 Å². The molecular weight excluding hydrogens is 206 g/mol. The van der Waals surface area contributed by atoms with E-state index in [4.69, 9.17) is 5.11 Å². The Hall–Kier alpha value is -1.84. The number of carboxylic acid groups (broad SMARTS) is 1. The number of amides is 1. The van der Waals surface area contributed by atoms with Crippen LogP contribution in [0.15, 0.2) is 18.2 Å². The van der Waals surface area contributed by atoms with E-state index in [0.29, 0.717) is 11.1 Å². The van der Waals surface area contributed by atoms with Crippen LogP contribution in [0.5, 0.6) is 0 Å². The van der Waals surface area contributed by atoms with Crippen molar-refractivity contribution in [2.24, 2.45) is 0 Å². The summed E-state index contributed by atoms with van der Waals surface area (Å²) in [6.07, 6.45) is 0. The predicted molar refractivity (Wildman–Crippen MR) is 60.4 cm³/mol. The molecule has 0 saturated carbocycles. The molecule has 4 heteroatoms. The van der Waals surface area contributed by atoms with Crippen LogP contribution < -0.4 is 5.32 Å². The molecule has 2 N–H and O–H groups in total. The molecule has 1 aromatic rings. The highest BCUT2D eigenvalue weighted by Gasteiger charge is 2.11. The number of aryl methyl sites for hydroxylation is 1. The van der Waals surface area contributed by atoms with E-state index >= 15 is 0 Å². The van der Waals surface area contributed by atoms with Gasteiger partial charge in [0.15, 0.2) is 0 Å². The fourth-order valence-electron chi connectivity index (χ4n) is 1.58. The maximum absolute atomic E-state index is 10.9. The summed E-state index contributed by atoms with van der Waals surface area (Å²) in [6, 6.07) is 4.95. The normalized spacial score (nSPS) is 11.9. The molecule has 1 atom stereocenters. The molecule has 16 heavy (non-hydrogen) atoms. The van der Waals surface area contributed by atoms with Gasteiger partial charge in [0.2, 0.25) is 5.91 Å². The summed E-state index contributed by atoms with van der Waals surface area (Å²) in [5.41, 5.74) is 1.89. The number of carbonyl (C=O) groups excluding carboxylic acids is 1. The molecule has 1 aromatic carbocycles. The first-order valence-electron chi connectivity index (χ1n) is 5.02. The van der Waals surface area contributed by atoms with Crippen LogP contribution >= 0.6 is 0 Å². The number of hydrogen-bond acceptors (Lipinski definition) is 2. The molecule has 0 aliphatic rings. The van der Waals surface area contributed by atoms with Gasteiger partial charge in [0.05, 0.1) is 11.6 Å². The van der Waals surface area contributed by atoms with E-state index in [0.717, 1.165) is 5.56 Å². The highest BCUT2D eigenvalue weighted by Crippen LogP contribution is 2.17. The molecule has 0 aliphatic carbocycles. The molecular formula is C12H15NO3. The zero-order valence-corrected chi connectivity index (χ0v) is 9.57. The van der Waals surface area contributed by atoms with E-state index in [-0.39, 0.29) is 11.9 Å². The van der Waals surface area contributed by atoms with Crippen LogP contribution in [0.25, 0.3) is 0 Å². The lowest BCUT2D eigenvalue weighted by Crippen LogP contribution is -2.23. The van der Waals surface area contributed by atoms with Crippen molar-refractivity contribution in [1.29, 1.82) is 0 Å². The van der Waals surface area contributed by atoms with Gasteiger partial charge in [-0.05, 0) is 31.0 Å². The van der Waals surface area contributed by atoms with Crippen LogP contribution in [-0.2, 0) is 4.79 Å². The van der Waals surface area contributed by atoms with Crippen LogP contribution in [0.1, 0.15) is 41.4 Å². The fourth-order valence-corrected chi connectivity index (χ4v) is 1.58. The van der Waals surface area contributed by atoms with Crippen LogP contribution in [0.4, 0.5) is 0 Å². The minimum Gasteiger partial charge on any atom is -0.478 e. The minimum atomic E-state index is -0.934. The number of rotatable bonds is 3. The van der Waals surface area contributed by atoms with Gasteiger partial charge >= 0.3 is 5.97 Å². The highest BCUT2D eigenvalue weighted by atomic mass is 16.4. The first-order chi connectivity index (χ1) is 7.41. The second-order valence-corrected chi connectivity index (χ2v) is 3.80. The number of hydrogen-bond donors (Lipinski definition) is 2. The van der Waals surface area contributed by atoms with Gasteiger partial charge in [-0.15, -0.1) is 0 Å². The molecule has 1 amide bonds. The van der Waals surface area contributed by atoms with Crippen molar-refractivity contribution in [1.82, 2.24) is 5.32 Å². The maximum Gasteiger partial charge on any atom is 0.335 e. The van der Waals surface area contributed by atoms with Gasteiger partial charge in [0, 0.05) is 6.92 Å². The Morgan fingerprint density at radius 3 is 2.44 bits per heavy atom. The Morgan fingerprint density at radius 2 is 2.00 bits per heavy atom. The Morgan fingerprint density at radius 1 is 1.38 bits per heavy atom. The van der Waals surface area contributed by atoms with E-state index in [2.05, 4.69) is 5.32 Å². The summed E-state index contributed by atoms with van der Waals surface area (Å²) < 4.78 is 0. The van der Waals surface area contributed by atoms with Gasteiger partial charge in [-0.2, -0.15) is 0 Å². The number of carboxylic acids is 1. The maximum atomic E-state index is 10.9. The van der Waals surface area contributed by atoms with Crippen molar-refractivity contribution in [3.63, 3.8) is 0 Å². The number of carbonyl (C=O) groups is 2. The zero-order valence-electron chi connectivity index (χ0n) is 9.57. The fraction of sp³-hybridized carbons (Fsp3) is 0.333. The van der Waals surface area contributed by atoms with Gasteiger partial charge in [-0.3, -0.25) is 4.79 Å². The molecule has 0 spiro atoms. The quantitative estimate of drug-likeness (QED) is 0.819. The lowest BCUT2D eigenvalue weighted by Gasteiger charge is -2.14. The Bertz CT molecular complexity index is 426.